The molecule has 5 heteroatoms. The molecular formula is C24H29N3O2. The standard InChI is InChI=1S/C24H29N3O2/c1-2-13-26-14-15-27(23(28)20-5-3-6-20)22(24(26)29)16-18-8-10-19(11-9-18)21-7-4-12-25-17-21/h4,7-12,17,20,22H,2-3,5-6,13-16H2,1H3/t22-/m1/s1. The number of benzene rings is 1. The summed E-state index contributed by atoms with van der Waals surface area (Å²) in [7, 11) is 0. The second-order valence-electron chi connectivity index (χ2n) is 8.14. The van der Waals surface area contributed by atoms with E-state index in [4.69, 9.17) is 0 Å². The van der Waals surface area contributed by atoms with E-state index in [9.17, 15) is 9.59 Å². The van der Waals surface area contributed by atoms with Crippen LogP contribution in [0.2, 0.25) is 0 Å². The Bertz CT molecular complexity index is 846. The molecule has 1 atom stereocenters. The molecule has 0 N–H and O–H groups in total. The third kappa shape index (κ3) is 4.19. The molecule has 5 nitrogen and oxygen atoms in total. The van der Waals surface area contributed by atoms with Crippen molar-refractivity contribution < 1.29 is 9.59 Å². The van der Waals surface area contributed by atoms with Crippen molar-refractivity contribution in [2.24, 2.45) is 5.92 Å². The van der Waals surface area contributed by atoms with Crippen LogP contribution < -0.4 is 0 Å². The van der Waals surface area contributed by atoms with Gasteiger partial charge in [-0.1, -0.05) is 43.7 Å². The molecule has 2 heterocycles. The summed E-state index contributed by atoms with van der Waals surface area (Å²) >= 11 is 0. The van der Waals surface area contributed by atoms with Crippen LogP contribution >= 0.6 is 0 Å². The first-order valence-corrected chi connectivity index (χ1v) is 10.8. The summed E-state index contributed by atoms with van der Waals surface area (Å²) < 4.78 is 0. The Kier molecular flexibility index (Phi) is 5.93. The minimum atomic E-state index is -0.382. The first-order chi connectivity index (χ1) is 14.2. The van der Waals surface area contributed by atoms with Crippen LogP contribution in [0.5, 0.6) is 0 Å². The van der Waals surface area contributed by atoms with Crippen LogP contribution in [0.25, 0.3) is 11.1 Å². The molecule has 0 bridgehead atoms. The average molecular weight is 392 g/mol. The van der Waals surface area contributed by atoms with Crippen molar-refractivity contribution in [3.63, 3.8) is 0 Å². The van der Waals surface area contributed by atoms with Gasteiger partial charge in [-0.3, -0.25) is 14.6 Å². The van der Waals surface area contributed by atoms with Crippen LogP contribution in [0.1, 0.15) is 38.2 Å². The summed E-state index contributed by atoms with van der Waals surface area (Å²) in [5.74, 6) is 0.399. The van der Waals surface area contributed by atoms with Crippen molar-refractivity contribution >= 4 is 11.8 Å². The normalized spacial score (nSPS) is 19.9. The van der Waals surface area contributed by atoms with Gasteiger partial charge in [0.15, 0.2) is 0 Å². The van der Waals surface area contributed by atoms with Gasteiger partial charge in [0.2, 0.25) is 11.8 Å². The topological polar surface area (TPSA) is 53.5 Å². The van der Waals surface area contributed by atoms with E-state index in [-0.39, 0.29) is 23.8 Å². The highest BCUT2D eigenvalue weighted by molar-refractivity contribution is 5.90. The van der Waals surface area contributed by atoms with Crippen LogP contribution in [0.4, 0.5) is 0 Å². The highest BCUT2D eigenvalue weighted by Crippen LogP contribution is 2.30. The molecule has 1 saturated heterocycles. The van der Waals surface area contributed by atoms with Gasteiger partial charge in [-0.15, -0.1) is 0 Å². The van der Waals surface area contributed by atoms with Gasteiger partial charge in [0.25, 0.3) is 0 Å². The Morgan fingerprint density at radius 3 is 2.52 bits per heavy atom. The molecule has 1 aliphatic carbocycles. The van der Waals surface area contributed by atoms with Gasteiger partial charge in [-0.05, 0) is 42.0 Å². The van der Waals surface area contributed by atoms with E-state index in [0.29, 0.717) is 19.5 Å². The van der Waals surface area contributed by atoms with Gasteiger partial charge in [0.05, 0.1) is 0 Å². The van der Waals surface area contributed by atoms with Crippen LogP contribution in [-0.2, 0) is 16.0 Å². The van der Waals surface area contributed by atoms with Gasteiger partial charge in [-0.25, -0.2) is 0 Å². The molecule has 0 unspecified atom stereocenters. The highest BCUT2D eigenvalue weighted by atomic mass is 16.2. The highest BCUT2D eigenvalue weighted by Gasteiger charge is 2.40. The summed E-state index contributed by atoms with van der Waals surface area (Å²) in [4.78, 5) is 34.1. The molecule has 1 aromatic heterocycles. The van der Waals surface area contributed by atoms with Crippen molar-refractivity contribution in [1.82, 2.24) is 14.8 Å². The average Bonchev–Trinajstić information content (AvgIpc) is 2.71. The third-order valence-corrected chi connectivity index (χ3v) is 6.19. The zero-order chi connectivity index (χ0) is 20.2. The summed E-state index contributed by atoms with van der Waals surface area (Å²) in [5, 5.41) is 0. The molecule has 2 fully saturated rings. The van der Waals surface area contributed by atoms with Gasteiger partial charge in [0.1, 0.15) is 6.04 Å². The van der Waals surface area contributed by atoms with E-state index in [2.05, 4.69) is 36.2 Å². The molecule has 2 aliphatic rings. The van der Waals surface area contributed by atoms with E-state index in [1.807, 2.05) is 28.1 Å². The first-order valence-electron chi connectivity index (χ1n) is 10.8. The van der Waals surface area contributed by atoms with Crippen molar-refractivity contribution in [3.8, 4) is 11.1 Å². The van der Waals surface area contributed by atoms with Crippen molar-refractivity contribution in [2.75, 3.05) is 19.6 Å². The second-order valence-corrected chi connectivity index (χ2v) is 8.14. The lowest BCUT2D eigenvalue weighted by Crippen LogP contribution is -2.60. The number of pyridine rings is 1. The molecule has 29 heavy (non-hydrogen) atoms. The Morgan fingerprint density at radius 2 is 1.90 bits per heavy atom. The number of carbonyl (C=O) groups is 2. The van der Waals surface area contributed by atoms with Gasteiger partial charge >= 0.3 is 0 Å². The van der Waals surface area contributed by atoms with Gasteiger partial charge < -0.3 is 9.80 Å². The number of amides is 2. The largest absolute Gasteiger partial charge is 0.339 e. The molecule has 1 aromatic carbocycles. The fraction of sp³-hybridized carbons (Fsp3) is 0.458. The molecule has 2 amide bonds. The summed E-state index contributed by atoms with van der Waals surface area (Å²) in [6, 6.07) is 11.9. The van der Waals surface area contributed by atoms with Crippen LogP contribution in [-0.4, -0.2) is 52.3 Å². The maximum Gasteiger partial charge on any atom is 0.245 e. The lowest BCUT2D eigenvalue weighted by atomic mass is 9.83. The fourth-order valence-electron chi connectivity index (χ4n) is 4.27. The fourth-order valence-corrected chi connectivity index (χ4v) is 4.27. The Hall–Kier alpha value is -2.69. The number of aromatic nitrogens is 1. The van der Waals surface area contributed by atoms with E-state index in [0.717, 1.165) is 48.9 Å². The minimum Gasteiger partial charge on any atom is -0.339 e. The SMILES string of the molecule is CCCN1CCN(C(=O)C2CCC2)[C@H](Cc2ccc(-c3cccnc3)cc2)C1=O. The molecule has 1 aliphatic heterocycles. The van der Waals surface area contributed by atoms with E-state index >= 15 is 0 Å². The lowest BCUT2D eigenvalue weighted by Gasteiger charge is -2.43. The Labute approximate surface area is 172 Å². The van der Waals surface area contributed by atoms with Crippen molar-refractivity contribution in [1.29, 1.82) is 0 Å². The van der Waals surface area contributed by atoms with Gasteiger partial charge in [0, 0.05) is 44.4 Å². The summed E-state index contributed by atoms with van der Waals surface area (Å²) in [5.41, 5.74) is 3.26. The van der Waals surface area contributed by atoms with Crippen molar-refractivity contribution in [2.45, 2.75) is 45.1 Å². The smallest absolute Gasteiger partial charge is 0.245 e. The predicted octanol–water partition coefficient (Wildman–Crippen LogP) is 3.54. The molecule has 1 saturated carbocycles. The lowest BCUT2D eigenvalue weighted by molar-refractivity contribution is -0.155. The van der Waals surface area contributed by atoms with Crippen LogP contribution in [0.3, 0.4) is 0 Å². The number of carbonyl (C=O) groups excluding carboxylic acids is 2. The maximum atomic E-state index is 13.2. The monoisotopic (exact) mass is 391 g/mol. The minimum absolute atomic E-state index is 0.0992. The van der Waals surface area contributed by atoms with E-state index in [1.54, 1.807) is 6.20 Å². The van der Waals surface area contributed by atoms with Gasteiger partial charge in [-0.2, -0.15) is 0 Å². The van der Waals surface area contributed by atoms with Crippen LogP contribution in [0.15, 0.2) is 48.8 Å². The number of nitrogens with zero attached hydrogens (tertiary/aromatic N) is 3. The predicted molar refractivity (Wildman–Crippen MR) is 113 cm³/mol. The molecule has 4 rings (SSSR count). The molecule has 152 valence electrons. The molecule has 0 radical (unpaired) electrons. The zero-order valence-corrected chi connectivity index (χ0v) is 17.1. The Balaban J connectivity index is 1.53. The number of piperazine rings is 1. The second kappa shape index (κ2) is 8.76. The number of hydrogen-bond acceptors (Lipinski definition) is 3. The quantitative estimate of drug-likeness (QED) is 0.757. The zero-order valence-electron chi connectivity index (χ0n) is 17.1. The molecular weight excluding hydrogens is 362 g/mol. The Morgan fingerprint density at radius 1 is 1.10 bits per heavy atom. The summed E-state index contributed by atoms with van der Waals surface area (Å²) in [6.07, 6.45) is 8.19. The number of hydrogen-bond donors (Lipinski definition) is 0. The molecule has 2 aromatic rings. The third-order valence-electron chi connectivity index (χ3n) is 6.19. The maximum absolute atomic E-state index is 13.2. The summed E-state index contributed by atoms with van der Waals surface area (Å²) in [6.45, 7) is 4.16. The first kappa shape index (κ1) is 19.6. The van der Waals surface area contributed by atoms with Crippen molar-refractivity contribution in [3.05, 3.63) is 54.4 Å². The molecule has 0 spiro atoms. The number of rotatable bonds is 6. The van der Waals surface area contributed by atoms with E-state index in [1.165, 1.54) is 0 Å². The van der Waals surface area contributed by atoms with E-state index < -0.39 is 0 Å². The van der Waals surface area contributed by atoms with Crippen LogP contribution in [0, 0.1) is 5.92 Å².